The van der Waals surface area contributed by atoms with Gasteiger partial charge in [-0.05, 0) is 69.8 Å². The maximum Gasteiger partial charge on any atom is 0.0784 e. The molecule has 278 valence electrons. The van der Waals surface area contributed by atoms with Gasteiger partial charge in [0.15, 0.2) is 0 Å². The van der Waals surface area contributed by atoms with Gasteiger partial charge in [-0.3, -0.25) is 0 Å². The molecule has 0 unspecified atom stereocenters. The molecule has 4 heteroatoms. The Morgan fingerprint density at radius 2 is 0.527 bits per heavy atom. The molecule has 0 saturated carbocycles. The lowest BCUT2D eigenvalue weighted by atomic mass is 10.1. The molecule has 6 rings (SSSR count). The van der Waals surface area contributed by atoms with Crippen molar-refractivity contribution in [2.45, 2.75) is 58.9 Å². The van der Waals surface area contributed by atoms with Gasteiger partial charge < -0.3 is 4.90 Å². The van der Waals surface area contributed by atoms with E-state index in [2.05, 4.69) is 246 Å². The average Bonchev–Trinajstić information content (AvgIpc) is 3.16. The topological polar surface area (TPSA) is 3.24 Å². The van der Waals surface area contributed by atoms with Crippen LogP contribution in [0.25, 0.3) is 33.8 Å². The SMILES string of the molecule is C[Si](C)(C)C(=Cc1ccc(N(c2ccc(C=C(c3ccccc3)[Si](C)(C)C)cc2)c2ccc(C=C(c3ccccc3)[Si](C)(C)C)cc2)cc1)c1ccccc1. The van der Waals surface area contributed by atoms with Gasteiger partial charge in [0.2, 0.25) is 0 Å². The molecular weight excluding hydrogens is 711 g/mol. The molecule has 0 N–H and O–H groups in total. The quantitative estimate of drug-likeness (QED) is 0.0885. The summed E-state index contributed by atoms with van der Waals surface area (Å²) >= 11 is 0. The lowest BCUT2D eigenvalue weighted by Gasteiger charge is -2.26. The van der Waals surface area contributed by atoms with Crippen LogP contribution in [0.15, 0.2) is 164 Å². The van der Waals surface area contributed by atoms with Crippen molar-refractivity contribution < 1.29 is 0 Å². The highest BCUT2D eigenvalue weighted by molar-refractivity contribution is 6.95. The molecule has 0 fully saturated rings. The van der Waals surface area contributed by atoms with Crippen molar-refractivity contribution in [3.8, 4) is 0 Å². The Bertz CT molecular complexity index is 1980. The number of nitrogens with zero attached hydrogens (tertiary/aromatic N) is 1. The molecule has 0 bridgehead atoms. The summed E-state index contributed by atoms with van der Waals surface area (Å²) in [5.74, 6) is 0. The van der Waals surface area contributed by atoms with Crippen LogP contribution in [0.5, 0.6) is 0 Å². The van der Waals surface area contributed by atoms with Crippen molar-refractivity contribution in [3.05, 3.63) is 197 Å². The Hall–Kier alpha value is -5.01. The number of benzene rings is 6. The maximum absolute atomic E-state index is 2.43. The van der Waals surface area contributed by atoms with Gasteiger partial charge in [0, 0.05) is 17.1 Å². The van der Waals surface area contributed by atoms with Gasteiger partial charge in [-0.1, -0.05) is 220 Å². The van der Waals surface area contributed by atoms with Crippen molar-refractivity contribution in [2.75, 3.05) is 4.90 Å². The van der Waals surface area contributed by atoms with Crippen LogP contribution in [-0.2, 0) is 0 Å². The van der Waals surface area contributed by atoms with Gasteiger partial charge >= 0.3 is 0 Å². The molecule has 0 heterocycles. The van der Waals surface area contributed by atoms with E-state index in [-0.39, 0.29) is 0 Å². The Morgan fingerprint density at radius 1 is 0.309 bits per heavy atom. The fraction of sp³-hybridized carbons (Fsp3) is 0.176. The molecule has 0 atom stereocenters. The third-order valence-corrected chi connectivity index (χ3v) is 16.2. The summed E-state index contributed by atoms with van der Waals surface area (Å²) in [6, 6.07) is 60.0. The molecule has 6 aromatic carbocycles. The smallest absolute Gasteiger partial charge is 0.0784 e. The molecular formula is C51H57NSi3. The van der Waals surface area contributed by atoms with Gasteiger partial charge in [0.25, 0.3) is 0 Å². The zero-order valence-corrected chi connectivity index (χ0v) is 37.3. The monoisotopic (exact) mass is 767 g/mol. The first-order chi connectivity index (χ1) is 26.2. The minimum atomic E-state index is -1.61. The molecule has 0 aliphatic carbocycles. The van der Waals surface area contributed by atoms with E-state index in [0.29, 0.717) is 0 Å². The zero-order valence-electron chi connectivity index (χ0n) is 34.3. The summed E-state index contributed by atoms with van der Waals surface area (Å²) in [5, 5.41) is 4.39. The van der Waals surface area contributed by atoms with E-state index in [1.807, 2.05) is 0 Å². The van der Waals surface area contributed by atoms with Crippen molar-refractivity contribution in [3.63, 3.8) is 0 Å². The lowest BCUT2D eigenvalue weighted by Crippen LogP contribution is -2.22. The van der Waals surface area contributed by atoms with Crippen molar-refractivity contribution >= 4 is 75.1 Å². The van der Waals surface area contributed by atoms with Crippen LogP contribution in [-0.4, -0.2) is 24.2 Å². The Morgan fingerprint density at radius 3 is 0.727 bits per heavy atom. The highest BCUT2D eigenvalue weighted by atomic mass is 28.3. The molecule has 0 aromatic heterocycles. The number of anilines is 3. The molecule has 6 aromatic rings. The van der Waals surface area contributed by atoms with E-state index in [0.717, 1.165) is 17.1 Å². The molecule has 0 saturated heterocycles. The van der Waals surface area contributed by atoms with E-state index in [4.69, 9.17) is 0 Å². The Labute approximate surface area is 334 Å². The standard InChI is InChI=1S/C51H57NSi3/c1-53(2,3)49(43-19-13-10-14-20-43)37-40-25-31-46(32-26-40)52(47-33-27-41(28-34-47)38-50(54(4,5)6)44-21-15-11-16-22-44)48-35-29-42(30-36-48)39-51(55(7,8)9)45-23-17-12-18-24-45/h10-39H,1-9H3. The molecule has 55 heavy (non-hydrogen) atoms. The molecule has 0 amide bonds. The first kappa shape index (κ1) is 39.7. The Kier molecular flexibility index (Phi) is 12.1. The largest absolute Gasteiger partial charge is 0.311 e. The highest BCUT2D eigenvalue weighted by Gasteiger charge is 2.23. The summed E-state index contributed by atoms with van der Waals surface area (Å²) < 4.78 is 0. The summed E-state index contributed by atoms with van der Waals surface area (Å²) in [5.41, 5.74) is 11.1. The van der Waals surface area contributed by atoms with Crippen molar-refractivity contribution in [1.29, 1.82) is 0 Å². The second kappa shape index (κ2) is 16.8. The molecule has 0 radical (unpaired) electrons. The second-order valence-corrected chi connectivity index (χ2v) is 32.7. The normalized spacial score (nSPS) is 13.1. The molecule has 1 nitrogen and oxygen atoms in total. The van der Waals surface area contributed by atoms with Crippen LogP contribution < -0.4 is 4.90 Å². The van der Waals surface area contributed by atoms with E-state index in [1.165, 1.54) is 49.0 Å². The summed E-state index contributed by atoms with van der Waals surface area (Å²) in [4.78, 5) is 2.39. The number of rotatable bonds is 12. The number of hydrogen-bond acceptors (Lipinski definition) is 1. The van der Waals surface area contributed by atoms with Gasteiger partial charge in [0.05, 0.1) is 24.2 Å². The average molecular weight is 768 g/mol. The lowest BCUT2D eigenvalue weighted by molar-refractivity contribution is 1.28. The van der Waals surface area contributed by atoms with Crippen LogP contribution in [0.3, 0.4) is 0 Å². The van der Waals surface area contributed by atoms with Crippen LogP contribution in [0.2, 0.25) is 58.9 Å². The number of hydrogen-bond donors (Lipinski definition) is 0. The molecule has 0 aliphatic rings. The van der Waals surface area contributed by atoms with Crippen molar-refractivity contribution in [2.24, 2.45) is 0 Å². The van der Waals surface area contributed by atoms with Gasteiger partial charge in [-0.15, -0.1) is 0 Å². The minimum absolute atomic E-state index is 1.14. The highest BCUT2D eigenvalue weighted by Crippen LogP contribution is 2.37. The third kappa shape index (κ3) is 10.2. The predicted octanol–water partition coefficient (Wildman–Crippen LogP) is 15.4. The van der Waals surface area contributed by atoms with E-state index in [9.17, 15) is 0 Å². The summed E-state index contributed by atoms with van der Waals surface area (Å²) in [6.07, 6.45) is 7.22. The fourth-order valence-electron chi connectivity index (χ4n) is 7.16. The van der Waals surface area contributed by atoms with E-state index >= 15 is 0 Å². The first-order valence-corrected chi connectivity index (χ1v) is 30.1. The Balaban J connectivity index is 1.41. The van der Waals surface area contributed by atoms with Gasteiger partial charge in [-0.25, -0.2) is 0 Å². The molecule has 0 aliphatic heterocycles. The van der Waals surface area contributed by atoms with Crippen LogP contribution >= 0.6 is 0 Å². The molecule has 0 spiro atoms. The van der Waals surface area contributed by atoms with Gasteiger partial charge in [0.1, 0.15) is 0 Å². The fourth-order valence-corrected chi connectivity index (χ4v) is 12.1. The maximum atomic E-state index is 2.43. The van der Waals surface area contributed by atoms with E-state index in [1.54, 1.807) is 0 Å². The summed E-state index contributed by atoms with van der Waals surface area (Å²) in [6.45, 7) is 21.9. The minimum Gasteiger partial charge on any atom is -0.311 e. The van der Waals surface area contributed by atoms with Crippen LogP contribution in [0.4, 0.5) is 17.1 Å². The zero-order chi connectivity index (χ0) is 39.2. The van der Waals surface area contributed by atoms with Crippen LogP contribution in [0.1, 0.15) is 33.4 Å². The second-order valence-electron chi connectivity index (χ2n) is 17.6. The van der Waals surface area contributed by atoms with Crippen molar-refractivity contribution in [1.82, 2.24) is 0 Å². The van der Waals surface area contributed by atoms with Gasteiger partial charge in [-0.2, -0.15) is 0 Å². The predicted molar refractivity (Wildman–Crippen MR) is 254 cm³/mol. The summed E-state index contributed by atoms with van der Waals surface area (Å²) in [7, 11) is -4.82. The first-order valence-electron chi connectivity index (χ1n) is 19.6. The van der Waals surface area contributed by atoms with E-state index < -0.39 is 24.2 Å². The third-order valence-electron chi connectivity index (χ3n) is 10.1. The van der Waals surface area contributed by atoms with Crippen LogP contribution in [0, 0.1) is 0 Å².